The number of esters is 1. The van der Waals surface area contributed by atoms with Gasteiger partial charge in [-0.1, -0.05) is 53.8 Å². The van der Waals surface area contributed by atoms with Crippen LogP contribution in [0.25, 0.3) is 11.8 Å². The molecule has 14 heteroatoms. The Morgan fingerprint density at radius 1 is 0.978 bits per heavy atom. The highest BCUT2D eigenvalue weighted by Crippen LogP contribution is 2.36. The van der Waals surface area contributed by atoms with Crippen LogP contribution in [0.1, 0.15) is 43.5 Å². The molecule has 0 fully saturated rings. The van der Waals surface area contributed by atoms with Crippen molar-refractivity contribution in [3.8, 4) is 11.5 Å². The minimum atomic E-state index is -0.996. The third-order valence-corrected chi connectivity index (χ3v) is 8.03. The molecule has 0 amide bonds. The van der Waals surface area contributed by atoms with Crippen LogP contribution in [-0.4, -0.2) is 33.6 Å². The maximum atomic E-state index is 13.7. The molecular formula is C32H28N4O9S. The van der Waals surface area contributed by atoms with Gasteiger partial charge in [-0.3, -0.25) is 29.6 Å². The molecule has 46 heavy (non-hydrogen) atoms. The lowest BCUT2D eigenvalue weighted by molar-refractivity contribution is -0.385. The SMILES string of the molecule is CCOC(=O)C1=C(C)n2c(s/c(=C\c3cc(OCC)c(OCc4ccccc4)cc3[N+](=O)[O-])c2=O)=N[C@H]1c1cccc([N+](=O)[O-])c1. The molecular weight excluding hydrogens is 616 g/mol. The predicted molar refractivity (Wildman–Crippen MR) is 169 cm³/mol. The summed E-state index contributed by atoms with van der Waals surface area (Å²) in [4.78, 5) is 54.2. The molecule has 1 aliphatic heterocycles. The molecule has 236 valence electrons. The van der Waals surface area contributed by atoms with E-state index in [2.05, 4.69) is 4.99 Å². The van der Waals surface area contributed by atoms with Crippen molar-refractivity contribution < 1.29 is 28.9 Å². The van der Waals surface area contributed by atoms with Crippen molar-refractivity contribution >= 4 is 40.5 Å². The first-order valence-electron chi connectivity index (χ1n) is 14.2. The molecule has 0 spiro atoms. The number of nitrogens with zero attached hydrogens (tertiary/aromatic N) is 4. The highest BCUT2D eigenvalue weighted by Gasteiger charge is 2.32. The molecule has 13 nitrogen and oxygen atoms in total. The molecule has 0 saturated carbocycles. The number of ether oxygens (including phenoxy) is 3. The lowest BCUT2D eigenvalue weighted by Crippen LogP contribution is -2.35. The highest BCUT2D eigenvalue weighted by molar-refractivity contribution is 7.07. The predicted octanol–water partition coefficient (Wildman–Crippen LogP) is 4.70. The van der Waals surface area contributed by atoms with Gasteiger partial charge >= 0.3 is 5.97 Å². The van der Waals surface area contributed by atoms with Crippen molar-refractivity contribution in [3.63, 3.8) is 0 Å². The molecule has 0 unspecified atom stereocenters. The molecule has 3 aromatic carbocycles. The average Bonchev–Trinajstić information content (AvgIpc) is 3.35. The molecule has 4 aromatic rings. The van der Waals surface area contributed by atoms with Crippen molar-refractivity contribution in [2.24, 2.45) is 4.99 Å². The summed E-state index contributed by atoms with van der Waals surface area (Å²) < 4.78 is 18.2. The van der Waals surface area contributed by atoms with E-state index in [1.165, 1.54) is 41.0 Å². The molecule has 0 saturated heterocycles. The van der Waals surface area contributed by atoms with Crippen LogP contribution < -0.4 is 24.4 Å². The third kappa shape index (κ3) is 6.42. The first-order valence-corrected chi connectivity index (χ1v) is 15.0. The van der Waals surface area contributed by atoms with E-state index in [0.29, 0.717) is 5.56 Å². The summed E-state index contributed by atoms with van der Waals surface area (Å²) in [6.45, 7) is 5.42. The number of nitro groups is 2. The van der Waals surface area contributed by atoms with E-state index in [1.54, 1.807) is 26.8 Å². The molecule has 0 aliphatic carbocycles. The number of non-ortho nitro benzene ring substituents is 1. The standard InChI is InChI=1S/C32H28N4O9S/c1-4-43-25-15-22(24(36(41)42)17-26(25)45-18-20-10-7-6-8-11-20)16-27-30(37)34-19(3)28(31(38)44-5-2)29(33-32(34)46-27)21-12-9-13-23(14-21)35(39)40/h6-17,29H,4-5,18H2,1-3H3/b27-16-/t29-/m0/s1. The fraction of sp³-hybridized carbons (Fsp3) is 0.219. The van der Waals surface area contributed by atoms with Crippen LogP contribution in [0.5, 0.6) is 11.5 Å². The maximum Gasteiger partial charge on any atom is 0.338 e. The number of benzene rings is 3. The summed E-state index contributed by atoms with van der Waals surface area (Å²) in [6.07, 6.45) is 1.37. The van der Waals surface area contributed by atoms with Gasteiger partial charge in [0.1, 0.15) is 12.6 Å². The zero-order chi connectivity index (χ0) is 33.0. The van der Waals surface area contributed by atoms with Crippen molar-refractivity contribution in [3.05, 3.63) is 129 Å². The van der Waals surface area contributed by atoms with Crippen molar-refractivity contribution in [2.75, 3.05) is 13.2 Å². The number of carbonyl (C=O) groups excluding carboxylic acids is 1. The molecule has 1 aliphatic rings. The average molecular weight is 645 g/mol. The maximum absolute atomic E-state index is 13.7. The van der Waals surface area contributed by atoms with Crippen LogP contribution in [0.3, 0.4) is 0 Å². The van der Waals surface area contributed by atoms with E-state index in [-0.39, 0.29) is 68.9 Å². The van der Waals surface area contributed by atoms with E-state index in [9.17, 15) is 29.8 Å². The Bertz CT molecular complexity index is 2050. The second kappa shape index (κ2) is 13.6. The first kappa shape index (κ1) is 31.8. The first-order chi connectivity index (χ1) is 22.1. The normalized spacial score (nSPS) is 14.3. The number of allylic oxidation sites excluding steroid dienone is 1. The second-order valence-electron chi connectivity index (χ2n) is 9.96. The Kier molecular flexibility index (Phi) is 9.37. The second-order valence-corrected chi connectivity index (χ2v) is 11.0. The molecule has 1 atom stereocenters. The lowest BCUT2D eigenvalue weighted by atomic mass is 9.96. The van der Waals surface area contributed by atoms with E-state index in [1.807, 2.05) is 30.3 Å². The lowest BCUT2D eigenvalue weighted by Gasteiger charge is -2.22. The van der Waals surface area contributed by atoms with Gasteiger partial charge in [0.05, 0.1) is 44.8 Å². The van der Waals surface area contributed by atoms with Crippen LogP contribution >= 0.6 is 11.3 Å². The molecule has 2 heterocycles. The number of rotatable bonds is 11. The van der Waals surface area contributed by atoms with Gasteiger partial charge in [-0.25, -0.2) is 9.79 Å². The number of aromatic nitrogens is 1. The molecule has 1 aromatic heterocycles. The van der Waals surface area contributed by atoms with Gasteiger partial charge in [0.2, 0.25) is 0 Å². The van der Waals surface area contributed by atoms with Crippen LogP contribution in [0.15, 0.2) is 82.1 Å². The molecule has 0 bridgehead atoms. The summed E-state index contributed by atoms with van der Waals surface area (Å²) in [5, 5.41) is 23.6. The Morgan fingerprint density at radius 2 is 1.72 bits per heavy atom. The van der Waals surface area contributed by atoms with E-state index in [4.69, 9.17) is 14.2 Å². The Balaban J connectivity index is 1.66. The summed E-state index contributed by atoms with van der Waals surface area (Å²) >= 11 is 0.961. The molecule has 0 radical (unpaired) electrons. The van der Waals surface area contributed by atoms with Gasteiger partial charge in [-0.15, -0.1) is 0 Å². The quantitative estimate of drug-likeness (QED) is 0.128. The van der Waals surface area contributed by atoms with E-state index < -0.39 is 27.4 Å². The molecule has 0 N–H and O–H groups in total. The van der Waals surface area contributed by atoms with Crippen LogP contribution in [-0.2, 0) is 16.1 Å². The zero-order valence-electron chi connectivity index (χ0n) is 25.0. The highest BCUT2D eigenvalue weighted by atomic mass is 32.1. The third-order valence-electron chi connectivity index (χ3n) is 7.05. The minimum absolute atomic E-state index is 0.0471. The number of nitro benzene ring substituents is 2. The largest absolute Gasteiger partial charge is 0.490 e. The number of fused-ring (bicyclic) bond motifs is 1. The van der Waals surface area contributed by atoms with Crippen LogP contribution in [0.2, 0.25) is 0 Å². The van der Waals surface area contributed by atoms with Gasteiger partial charge in [0.25, 0.3) is 16.9 Å². The summed E-state index contributed by atoms with van der Waals surface area (Å²) in [7, 11) is 0. The van der Waals surface area contributed by atoms with Gasteiger partial charge in [0, 0.05) is 17.8 Å². The summed E-state index contributed by atoms with van der Waals surface area (Å²) in [5.74, 6) is -0.296. The van der Waals surface area contributed by atoms with Crippen molar-refractivity contribution in [1.82, 2.24) is 4.57 Å². The van der Waals surface area contributed by atoms with Crippen molar-refractivity contribution in [2.45, 2.75) is 33.4 Å². The molecule has 5 rings (SSSR count). The van der Waals surface area contributed by atoms with Gasteiger partial charge < -0.3 is 14.2 Å². The minimum Gasteiger partial charge on any atom is -0.490 e. The summed E-state index contributed by atoms with van der Waals surface area (Å²) in [6, 6.07) is 16.7. The van der Waals surface area contributed by atoms with Gasteiger partial charge in [0.15, 0.2) is 16.3 Å². The van der Waals surface area contributed by atoms with Gasteiger partial charge in [-0.2, -0.15) is 0 Å². The van der Waals surface area contributed by atoms with Gasteiger partial charge in [-0.05, 0) is 44.0 Å². The van der Waals surface area contributed by atoms with E-state index in [0.717, 1.165) is 16.9 Å². The number of hydrogen-bond donors (Lipinski definition) is 0. The monoisotopic (exact) mass is 644 g/mol. The Labute approximate surface area is 265 Å². The number of carbonyl (C=O) groups is 1. The fourth-order valence-corrected chi connectivity index (χ4v) is 5.99. The number of thiazole rings is 1. The van der Waals surface area contributed by atoms with Crippen LogP contribution in [0.4, 0.5) is 11.4 Å². The van der Waals surface area contributed by atoms with Crippen LogP contribution in [0, 0.1) is 20.2 Å². The smallest absolute Gasteiger partial charge is 0.338 e. The topological polar surface area (TPSA) is 165 Å². The van der Waals surface area contributed by atoms with E-state index >= 15 is 0 Å². The van der Waals surface area contributed by atoms with Crippen molar-refractivity contribution in [1.29, 1.82) is 0 Å². The summed E-state index contributed by atoms with van der Waals surface area (Å²) in [5.41, 5.74) is 0.534. The Hall–Kier alpha value is -5.63. The Morgan fingerprint density at radius 3 is 2.39 bits per heavy atom. The fourth-order valence-electron chi connectivity index (χ4n) is 4.96. The zero-order valence-corrected chi connectivity index (χ0v) is 25.8. The number of hydrogen-bond acceptors (Lipinski definition) is 11.